The number of nitrogens with one attached hydrogen (secondary N) is 1. The molecule has 2 aliphatic rings. The molecular weight excluding hydrogens is 396 g/mol. The summed E-state index contributed by atoms with van der Waals surface area (Å²) in [5, 5.41) is 1.36. The summed E-state index contributed by atoms with van der Waals surface area (Å²) in [5.41, 5.74) is 13.8. The minimum Gasteiger partial charge on any atom is -0.357 e. The molecule has 0 saturated carbocycles. The molecule has 25 heavy (non-hydrogen) atoms. The first-order chi connectivity index (χ1) is 11.6. The van der Waals surface area contributed by atoms with E-state index in [4.69, 9.17) is 5.73 Å². The Morgan fingerprint density at radius 1 is 1.08 bits per heavy atom. The number of aryl methyl sites for hydroxylation is 1. The van der Waals surface area contributed by atoms with Crippen LogP contribution in [0.1, 0.15) is 35.2 Å². The highest BCUT2D eigenvalue weighted by Crippen LogP contribution is 2.46. The predicted octanol–water partition coefficient (Wildman–Crippen LogP) is 5.26. The first-order valence-electron chi connectivity index (χ1n) is 8.81. The van der Waals surface area contributed by atoms with Crippen LogP contribution in [0.3, 0.4) is 0 Å². The fourth-order valence-corrected chi connectivity index (χ4v) is 5.31. The van der Waals surface area contributed by atoms with E-state index in [9.17, 15) is 0 Å². The quantitative estimate of drug-likeness (QED) is 0.557. The molecule has 2 unspecified atom stereocenters. The zero-order chi connectivity index (χ0) is 16.3. The lowest BCUT2D eigenvalue weighted by atomic mass is 9.71. The third-order valence-electron chi connectivity index (χ3n) is 6.13. The Morgan fingerprint density at radius 3 is 2.76 bits per heavy atom. The number of hydrogen-bond acceptors (Lipinski definition) is 1. The molecule has 0 amide bonds. The average Bonchev–Trinajstić information content (AvgIpc) is 3.17. The van der Waals surface area contributed by atoms with Crippen LogP contribution in [0.5, 0.6) is 0 Å². The monoisotopic (exact) mass is 416 g/mol. The highest BCUT2D eigenvalue weighted by molar-refractivity contribution is 9.10. The fraction of sp³-hybridized carbons (Fsp3) is 0.333. The molecule has 130 valence electrons. The molecule has 3 N–H and O–H groups in total. The van der Waals surface area contributed by atoms with Gasteiger partial charge >= 0.3 is 0 Å². The van der Waals surface area contributed by atoms with E-state index < -0.39 is 0 Å². The number of H-pyrrole nitrogens is 1. The second-order valence-corrected chi connectivity index (χ2v) is 8.35. The van der Waals surface area contributed by atoms with Gasteiger partial charge in [0.05, 0.1) is 5.54 Å². The van der Waals surface area contributed by atoms with Crippen LogP contribution in [0.2, 0.25) is 0 Å². The summed E-state index contributed by atoms with van der Waals surface area (Å²) in [6.45, 7) is 0. The second-order valence-electron chi connectivity index (χ2n) is 7.44. The molecule has 0 aliphatic heterocycles. The molecule has 3 aromatic rings. The van der Waals surface area contributed by atoms with Crippen molar-refractivity contribution >= 4 is 39.2 Å². The summed E-state index contributed by atoms with van der Waals surface area (Å²) in [5.74, 6) is 0.480. The Labute approximate surface area is 162 Å². The summed E-state index contributed by atoms with van der Waals surface area (Å²) >= 11 is 3.61. The molecule has 2 atom stereocenters. The van der Waals surface area contributed by atoms with Gasteiger partial charge in [0.25, 0.3) is 0 Å². The topological polar surface area (TPSA) is 41.8 Å². The van der Waals surface area contributed by atoms with Crippen molar-refractivity contribution in [3.8, 4) is 0 Å². The molecule has 2 aromatic carbocycles. The standard InChI is InChI=1S/C21H21BrN2.ClH/c22-16-8-7-13-10-15(11-14(13)12-16)21(23)9-3-5-18-17-4-1-2-6-19(17)24-20(18)21;/h1-2,4,6-8,12,15,24H,3,5,9-11,23H2;1H. The molecule has 0 bridgehead atoms. The van der Waals surface area contributed by atoms with Gasteiger partial charge in [0.15, 0.2) is 0 Å². The van der Waals surface area contributed by atoms with Crippen LogP contribution in [-0.2, 0) is 24.8 Å². The average molecular weight is 418 g/mol. The molecule has 2 aliphatic carbocycles. The largest absolute Gasteiger partial charge is 0.357 e. The summed E-state index contributed by atoms with van der Waals surface area (Å²) < 4.78 is 1.17. The minimum atomic E-state index is -0.238. The Hall–Kier alpha value is -1.29. The SMILES string of the molecule is Cl.NC1(C2Cc3ccc(Br)cc3C2)CCCc2c1[nH]c1ccccc21. The van der Waals surface area contributed by atoms with Crippen molar-refractivity contribution in [3.05, 3.63) is 69.3 Å². The van der Waals surface area contributed by atoms with Crippen molar-refractivity contribution in [2.45, 2.75) is 37.6 Å². The maximum Gasteiger partial charge on any atom is 0.0599 e. The lowest BCUT2D eigenvalue weighted by Gasteiger charge is -2.39. The molecule has 1 heterocycles. The molecule has 1 aromatic heterocycles. The van der Waals surface area contributed by atoms with E-state index in [0.717, 1.165) is 25.7 Å². The van der Waals surface area contributed by atoms with Crippen LogP contribution in [-0.4, -0.2) is 4.98 Å². The van der Waals surface area contributed by atoms with E-state index in [0.29, 0.717) is 5.92 Å². The minimum absolute atomic E-state index is 0. The number of aromatic amines is 1. The number of rotatable bonds is 1. The molecule has 2 nitrogen and oxygen atoms in total. The van der Waals surface area contributed by atoms with Gasteiger partial charge in [-0.25, -0.2) is 0 Å². The Balaban J connectivity index is 0.00000157. The van der Waals surface area contributed by atoms with Gasteiger partial charge in [-0.1, -0.05) is 40.2 Å². The zero-order valence-corrected chi connectivity index (χ0v) is 16.4. The van der Waals surface area contributed by atoms with Gasteiger partial charge < -0.3 is 10.7 Å². The Bertz CT molecular complexity index is 948. The second kappa shape index (κ2) is 6.15. The van der Waals surface area contributed by atoms with Crippen molar-refractivity contribution in [2.75, 3.05) is 0 Å². The molecular formula is C21H22BrClN2. The van der Waals surface area contributed by atoms with Gasteiger partial charge in [-0.3, -0.25) is 0 Å². The number of halogens is 2. The van der Waals surface area contributed by atoms with Gasteiger partial charge in [-0.05, 0) is 72.9 Å². The summed E-state index contributed by atoms with van der Waals surface area (Å²) in [6, 6.07) is 15.3. The Kier molecular flexibility index (Phi) is 4.22. The fourth-order valence-electron chi connectivity index (χ4n) is 4.90. The maximum atomic E-state index is 7.11. The number of aromatic nitrogens is 1. The summed E-state index contributed by atoms with van der Waals surface area (Å²) in [4.78, 5) is 3.69. The van der Waals surface area contributed by atoms with Gasteiger partial charge in [-0.2, -0.15) is 0 Å². The molecule has 0 spiro atoms. The van der Waals surface area contributed by atoms with E-state index in [2.05, 4.69) is 63.4 Å². The number of benzene rings is 2. The highest BCUT2D eigenvalue weighted by atomic mass is 79.9. The van der Waals surface area contributed by atoms with Crippen LogP contribution in [0, 0.1) is 5.92 Å². The third-order valence-corrected chi connectivity index (χ3v) is 6.62. The zero-order valence-electron chi connectivity index (χ0n) is 14.0. The van der Waals surface area contributed by atoms with Crippen molar-refractivity contribution in [2.24, 2.45) is 11.7 Å². The first-order valence-corrected chi connectivity index (χ1v) is 9.61. The number of hydrogen-bond donors (Lipinski definition) is 2. The molecule has 0 radical (unpaired) electrons. The van der Waals surface area contributed by atoms with Crippen LogP contribution in [0.15, 0.2) is 46.9 Å². The van der Waals surface area contributed by atoms with E-state index in [-0.39, 0.29) is 17.9 Å². The van der Waals surface area contributed by atoms with Crippen LogP contribution in [0.4, 0.5) is 0 Å². The summed E-state index contributed by atoms with van der Waals surface area (Å²) in [6.07, 6.45) is 5.58. The molecule has 5 rings (SSSR count). The van der Waals surface area contributed by atoms with Crippen LogP contribution >= 0.6 is 28.3 Å². The lowest BCUT2D eigenvalue weighted by Crippen LogP contribution is -2.47. The molecule has 0 fully saturated rings. The number of fused-ring (bicyclic) bond motifs is 4. The number of para-hydroxylation sites is 1. The van der Waals surface area contributed by atoms with Gasteiger partial charge in [0, 0.05) is 21.1 Å². The van der Waals surface area contributed by atoms with Gasteiger partial charge in [0.1, 0.15) is 0 Å². The van der Waals surface area contributed by atoms with E-state index in [1.807, 2.05) is 0 Å². The van der Waals surface area contributed by atoms with Gasteiger partial charge in [0.2, 0.25) is 0 Å². The van der Waals surface area contributed by atoms with Crippen LogP contribution in [0.25, 0.3) is 10.9 Å². The highest BCUT2D eigenvalue weighted by Gasteiger charge is 2.44. The predicted molar refractivity (Wildman–Crippen MR) is 109 cm³/mol. The van der Waals surface area contributed by atoms with Crippen molar-refractivity contribution < 1.29 is 0 Å². The number of nitrogens with two attached hydrogens (primary N) is 1. The van der Waals surface area contributed by atoms with E-state index >= 15 is 0 Å². The third kappa shape index (κ3) is 2.56. The van der Waals surface area contributed by atoms with Crippen molar-refractivity contribution in [3.63, 3.8) is 0 Å². The Morgan fingerprint density at radius 2 is 1.88 bits per heavy atom. The lowest BCUT2D eigenvalue weighted by molar-refractivity contribution is 0.239. The molecule has 4 heteroatoms. The van der Waals surface area contributed by atoms with E-state index in [1.54, 1.807) is 0 Å². The van der Waals surface area contributed by atoms with Gasteiger partial charge in [-0.15, -0.1) is 12.4 Å². The van der Waals surface area contributed by atoms with E-state index in [1.165, 1.54) is 44.2 Å². The smallest absolute Gasteiger partial charge is 0.0599 e. The first kappa shape index (κ1) is 17.1. The van der Waals surface area contributed by atoms with Crippen molar-refractivity contribution in [1.29, 1.82) is 0 Å². The van der Waals surface area contributed by atoms with Crippen molar-refractivity contribution in [1.82, 2.24) is 4.98 Å². The van der Waals surface area contributed by atoms with Crippen LogP contribution < -0.4 is 5.73 Å². The summed E-state index contributed by atoms with van der Waals surface area (Å²) in [7, 11) is 0. The molecule has 0 saturated heterocycles. The maximum absolute atomic E-state index is 7.11. The normalized spacial score (nSPS) is 24.6.